The molecule has 92 valence electrons. The highest BCUT2D eigenvalue weighted by molar-refractivity contribution is 5.84. The molecule has 0 radical (unpaired) electrons. The average molecular weight is 242 g/mol. The van der Waals surface area contributed by atoms with Crippen molar-refractivity contribution in [2.45, 2.75) is 18.9 Å². The predicted octanol–water partition coefficient (Wildman–Crippen LogP) is 2.48. The lowest BCUT2D eigenvalue weighted by atomic mass is 10.1. The molecule has 0 saturated carbocycles. The Morgan fingerprint density at radius 3 is 3.28 bits per heavy atom. The maximum absolute atomic E-state index is 7.23. The summed E-state index contributed by atoms with van der Waals surface area (Å²) in [5.74, 6) is 0. The second-order valence-electron chi connectivity index (χ2n) is 4.41. The molecule has 5 nitrogen and oxygen atoms in total. The maximum Gasteiger partial charge on any atom is 0.231 e. The second kappa shape index (κ2) is 4.67. The Labute approximate surface area is 105 Å². The third kappa shape index (κ3) is 1.91. The minimum Gasteiger partial charge on any atom is -0.387 e. The fourth-order valence-corrected chi connectivity index (χ4v) is 2.27. The third-order valence-corrected chi connectivity index (χ3v) is 3.17. The van der Waals surface area contributed by atoms with E-state index in [9.17, 15) is 0 Å². The Balaban J connectivity index is 1.97. The molecule has 3 rings (SSSR count). The summed E-state index contributed by atoms with van der Waals surface area (Å²) < 4.78 is 7.24. The lowest BCUT2D eigenvalue weighted by Crippen LogP contribution is -2.30. The molecule has 0 aliphatic carbocycles. The van der Waals surface area contributed by atoms with Crippen LogP contribution in [-0.2, 0) is 4.74 Å². The molecular weight excluding hydrogens is 228 g/mol. The van der Waals surface area contributed by atoms with Gasteiger partial charge in [-0.2, -0.15) is 5.10 Å². The van der Waals surface area contributed by atoms with E-state index in [-0.39, 0.29) is 6.04 Å². The topological polar surface area (TPSA) is 42.9 Å². The minimum atomic E-state index is 0.278. The highest BCUT2D eigenvalue weighted by atomic mass is 16.5. The molecule has 1 aliphatic rings. The van der Waals surface area contributed by atoms with Gasteiger partial charge in [-0.1, -0.05) is 0 Å². The first-order valence-corrected chi connectivity index (χ1v) is 6.06. The van der Waals surface area contributed by atoms with Crippen LogP contribution in [-0.4, -0.2) is 28.9 Å². The van der Waals surface area contributed by atoms with Crippen molar-refractivity contribution in [1.82, 2.24) is 9.61 Å². The van der Waals surface area contributed by atoms with E-state index in [1.54, 1.807) is 10.7 Å². The van der Waals surface area contributed by atoms with Crippen molar-refractivity contribution in [2.75, 3.05) is 18.5 Å². The number of fused-ring (bicyclic) bond motifs is 1. The van der Waals surface area contributed by atoms with E-state index in [0.29, 0.717) is 12.3 Å². The lowest BCUT2D eigenvalue weighted by Gasteiger charge is -2.25. The molecule has 2 aromatic rings. The zero-order valence-electron chi connectivity index (χ0n) is 9.97. The van der Waals surface area contributed by atoms with Gasteiger partial charge in [-0.25, -0.2) is 9.36 Å². The molecule has 2 aromatic heterocycles. The number of rotatable bonds is 2. The van der Waals surface area contributed by atoms with Crippen molar-refractivity contribution in [3.05, 3.63) is 35.9 Å². The van der Waals surface area contributed by atoms with Crippen LogP contribution in [0.4, 0.5) is 11.4 Å². The van der Waals surface area contributed by atoms with Crippen molar-refractivity contribution < 1.29 is 4.74 Å². The van der Waals surface area contributed by atoms with E-state index in [1.165, 1.54) is 0 Å². The fraction of sp³-hybridized carbons (Fsp3) is 0.385. The quantitative estimate of drug-likeness (QED) is 0.823. The van der Waals surface area contributed by atoms with Gasteiger partial charge in [0, 0.05) is 18.8 Å². The number of aromatic nitrogens is 2. The smallest absolute Gasteiger partial charge is 0.231 e. The van der Waals surface area contributed by atoms with E-state index in [1.807, 2.05) is 18.3 Å². The summed E-state index contributed by atoms with van der Waals surface area (Å²) >= 11 is 0. The SMILES string of the molecule is [C-]#[N+]c1cnn2cccc2c1NC1CCCOC1. The van der Waals surface area contributed by atoms with Gasteiger partial charge in [-0.3, -0.25) is 0 Å². The van der Waals surface area contributed by atoms with Crippen molar-refractivity contribution >= 4 is 16.9 Å². The molecule has 18 heavy (non-hydrogen) atoms. The average Bonchev–Trinajstić information content (AvgIpc) is 2.89. The van der Waals surface area contributed by atoms with Gasteiger partial charge in [-0.15, -0.1) is 0 Å². The van der Waals surface area contributed by atoms with Gasteiger partial charge in [0.2, 0.25) is 5.69 Å². The first-order valence-electron chi connectivity index (χ1n) is 6.06. The zero-order chi connectivity index (χ0) is 12.4. The molecule has 0 amide bonds. The largest absolute Gasteiger partial charge is 0.387 e. The molecule has 0 spiro atoms. The van der Waals surface area contributed by atoms with Crippen LogP contribution in [0, 0.1) is 6.57 Å². The lowest BCUT2D eigenvalue weighted by molar-refractivity contribution is 0.0876. The van der Waals surface area contributed by atoms with Crippen LogP contribution in [0.5, 0.6) is 0 Å². The number of hydrogen-bond acceptors (Lipinski definition) is 3. The van der Waals surface area contributed by atoms with Gasteiger partial charge in [0.1, 0.15) is 0 Å². The molecule has 5 heteroatoms. The number of nitrogens with one attached hydrogen (secondary N) is 1. The van der Waals surface area contributed by atoms with Gasteiger partial charge in [-0.05, 0) is 25.0 Å². The fourth-order valence-electron chi connectivity index (χ4n) is 2.27. The summed E-state index contributed by atoms with van der Waals surface area (Å²) in [5.41, 5.74) is 2.36. The van der Waals surface area contributed by atoms with Gasteiger partial charge >= 0.3 is 0 Å². The molecule has 0 bridgehead atoms. The van der Waals surface area contributed by atoms with E-state index < -0.39 is 0 Å². The molecule has 1 unspecified atom stereocenters. The first-order chi connectivity index (χ1) is 8.88. The van der Waals surface area contributed by atoms with E-state index in [4.69, 9.17) is 11.3 Å². The number of hydrogen-bond donors (Lipinski definition) is 1. The normalized spacial score (nSPS) is 19.6. The van der Waals surface area contributed by atoms with Crippen molar-refractivity contribution in [2.24, 2.45) is 0 Å². The predicted molar refractivity (Wildman–Crippen MR) is 68.9 cm³/mol. The van der Waals surface area contributed by atoms with Crippen LogP contribution in [0.2, 0.25) is 0 Å². The van der Waals surface area contributed by atoms with Gasteiger partial charge < -0.3 is 10.1 Å². The van der Waals surface area contributed by atoms with E-state index >= 15 is 0 Å². The van der Waals surface area contributed by atoms with Crippen LogP contribution in [0.3, 0.4) is 0 Å². The van der Waals surface area contributed by atoms with Crippen LogP contribution < -0.4 is 5.32 Å². The summed E-state index contributed by atoms with van der Waals surface area (Å²) in [5, 5.41) is 7.63. The standard InChI is InChI=1S/C13H14N4O/c1-14-11-8-15-17-6-2-5-12(17)13(11)16-10-4-3-7-18-9-10/h2,5-6,8,10,16H,3-4,7,9H2. The molecule has 3 heterocycles. The minimum absolute atomic E-state index is 0.278. The highest BCUT2D eigenvalue weighted by Gasteiger charge is 2.17. The molecule has 1 saturated heterocycles. The summed E-state index contributed by atoms with van der Waals surface area (Å²) in [6, 6.07) is 4.17. The summed E-state index contributed by atoms with van der Waals surface area (Å²) in [6.45, 7) is 8.77. The zero-order valence-corrected chi connectivity index (χ0v) is 9.97. The van der Waals surface area contributed by atoms with Gasteiger partial charge in [0.05, 0.1) is 30.6 Å². The Morgan fingerprint density at radius 2 is 2.50 bits per heavy atom. The van der Waals surface area contributed by atoms with Gasteiger partial charge in [0.15, 0.2) is 0 Å². The Kier molecular flexibility index (Phi) is 2.87. The molecule has 1 atom stereocenters. The molecular formula is C13H14N4O. The van der Waals surface area contributed by atoms with E-state index in [0.717, 1.165) is 30.7 Å². The van der Waals surface area contributed by atoms with Crippen LogP contribution in [0.25, 0.3) is 10.4 Å². The Bertz CT molecular complexity index is 593. The monoisotopic (exact) mass is 242 g/mol. The highest BCUT2D eigenvalue weighted by Crippen LogP contribution is 2.30. The summed E-state index contributed by atoms with van der Waals surface area (Å²) in [6.07, 6.45) is 5.62. The van der Waals surface area contributed by atoms with Crippen molar-refractivity contribution in [1.29, 1.82) is 0 Å². The first kappa shape index (κ1) is 11.1. The number of anilines is 1. The van der Waals surface area contributed by atoms with Crippen LogP contribution in [0.1, 0.15) is 12.8 Å². The van der Waals surface area contributed by atoms with E-state index in [2.05, 4.69) is 15.3 Å². The van der Waals surface area contributed by atoms with Gasteiger partial charge in [0.25, 0.3) is 0 Å². The Morgan fingerprint density at radius 1 is 1.56 bits per heavy atom. The number of ether oxygens (including phenoxy) is 1. The van der Waals surface area contributed by atoms with Crippen molar-refractivity contribution in [3.63, 3.8) is 0 Å². The van der Waals surface area contributed by atoms with Crippen molar-refractivity contribution in [3.8, 4) is 0 Å². The summed E-state index contributed by atoms with van der Waals surface area (Å²) in [4.78, 5) is 3.54. The molecule has 1 aliphatic heterocycles. The number of nitrogens with zero attached hydrogens (tertiary/aromatic N) is 3. The Hall–Kier alpha value is -2.06. The molecule has 1 fully saturated rings. The molecule has 1 N–H and O–H groups in total. The molecule has 0 aromatic carbocycles. The van der Waals surface area contributed by atoms with Crippen LogP contribution >= 0.6 is 0 Å². The third-order valence-electron chi connectivity index (χ3n) is 3.17. The van der Waals surface area contributed by atoms with Crippen LogP contribution in [0.15, 0.2) is 24.5 Å². The second-order valence-corrected chi connectivity index (χ2v) is 4.41. The summed E-state index contributed by atoms with van der Waals surface area (Å²) in [7, 11) is 0. The maximum atomic E-state index is 7.23.